The van der Waals surface area contributed by atoms with Gasteiger partial charge in [0, 0.05) is 23.6 Å². The Kier molecular flexibility index (Phi) is 3.41. The Labute approximate surface area is 107 Å². The number of nitrogens with zero attached hydrogens (tertiary/aromatic N) is 1. The van der Waals surface area contributed by atoms with E-state index in [1.807, 2.05) is 18.2 Å². The number of hydrogen-bond donors (Lipinski definition) is 0. The SMILES string of the molecule is COC(=O)c1ccc2c(C)cn(CC(C)C)c2c1. The van der Waals surface area contributed by atoms with Crippen LogP contribution in [0.4, 0.5) is 0 Å². The fourth-order valence-electron chi connectivity index (χ4n) is 2.26. The average Bonchev–Trinajstić information content (AvgIpc) is 2.64. The molecule has 0 spiro atoms. The molecule has 1 aromatic heterocycles. The summed E-state index contributed by atoms with van der Waals surface area (Å²) >= 11 is 0. The lowest BCUT2D eigenvalue weighted by molar-refractivity contribution is 0.0601. The number of methoxy groups -OCH3 is 1. The van der Waals surface area contributed by atoms with E-state index in [1.54, 1.807) is 0 Å². The molecule has 96 valence electrons. The average molecular weight is 245 g/mol. The Morgan fingerprint density at radius 1 is 1.39 bits per heavy atom. The third kappa shape index (κ3) is 2.26. The van der Waals surface area contributed by atoms with E-state index in [0.717, 1.165) is 12.1 Å². The molecule has 0 saturated carbocycles. The molecule has 0 aliphatic rings. The van der Waals surface area contributed by atoms with Crippen LogP contribution >= 0.6 is 0 Å². The highest BCUT2D eigenvalue weighted by atomic mass is 16.5. The van der Waals surface area contributed by atoms with Gasteiger partial charge in [-0.1, -0.05) is 19.9 Å². The second-order valence-electron chi connectivity index (χ2n) is 5.08. The van der Waals surface area contributed by atoms with Gasteiger partial charge in [0.2, 0.25) is 0 Å². The number of rotatable bonds is 3. The first kappa shape index (κ1) is 12.7. The molecular weight excluding hydrogens is 226 g/mol. The normalized spacial score (nSPS) is 11.2. The van der Waals surface area contributed by atoms with Gasteiger partial charge in [-0.05, 0) is 30.5 Å². The van der Waals surface area contributed by atoms with Crippen molar-refractivity contribution in [3.05, 3.63) is 35.5 Å². The zero-order valence-electron chi connectivity index (χ0n) is 11.4. The Morgan fingerprint density at radius 2 is 2.11 bits per heavy atom. The molecule has 18 heavy (non-hydrogen) atoms. The van der Waals surface area contributed by atoms with E-state index in [2.05, 4.69) is 31.5 Å². The maximum absolute atomic E-state index is 11.6. The smallest absolute Gasteiger partial charge is 0.337 e. The van der Waals surface area contributed by atoms with E-state index in [4.69, 9.17) is 4.74 Å². The molecule has 0 saturated heterocycles. The van der Waals surface area contributed by atoms with Crippen LogP contribution in [0, 0.1) is 12.8 Å². The van der Waals surface area contributed by atoms with Gasteiger partial charge in [0.1, 0.15) is 0 Å². The summed E-state index contributed by atoms with van der Waals surface area (Å²) in [6.07, 6.45) is 2.14. The lowest BCUT2D eigenvalue weighted by Crippen LogP contribution is -2.04. The minimum atomic E-state index is -0.285. The van der Waals surface area contributed by atoms with Crippen LogP contribution in [0.5, 0.6) is 0 Å². The number of fused-ring (bicyclic) bond motifs is 1. The summed E-state index contributed by atoms with van der Waals surface area (Å²) in [7, 11) is 1.41. The van der Waals surface area contributed by atoms with E-state index in [-0.39, 0.29) is 5.97 Å². The maximum Gasteiger partial charge on any atom is 0.337 e. The molecule has 0 bridgehead atoms. The van der Waals surface area contributed by atoms with Crippen molar-refractivity contribution in [2.24, 2.45) is 5.92 Å². The first-order valence-corrected chi connectivity index (χ1v) is 6.20. The van der Waals surface area contributed by atoms with E-state index in [1.165, 1.54) is 18.1 Å². The van der Waals surface area contributed by atoms with Gasteiger partial charge in [0.05, 0.1) is 12.7 Å². The zero-order valence-corrected chi connectivity index (χ0v) is 11.4. The fraction of sp³-hybridized carbons (Fsp3) is 0.400. The molecule has 1 aromatic carbocycles. The largest absolute Gasteiger partial charge is 0.465 e. The summed E-state index contributed by atoms with van der Waals surface area (Å²) in [5, 5.41) is 1.20. The molecular formula is C15H19NO2. The Hall–Kier alpha value is -1.77. The predicted molar refractivity (Wildman–Crippen MR) is 72.9 cm³/mol. The number of aryl methyl sites for hydroxylation is 1. The lowest BCUT2D eigenvalue weighted by atomic mass is 10.1. The van der Waals surface area contributed by atoms with Crippen molar-refractivity contribution in [1.29, 1.82) is 0 Å². The zero-order chi connectivity index (χ0) is 13.3. The van der Waals surface area contributed by atoms with E-state index < -0.39 is 0 Å². The molecule has 0 aliphatic heterocycles. The molecule has 0 N–H and O–H groups in total. The van der Waals surface area contributed by atoms with Crippen LogP contribution in [0.3, 0.4) is 0 Å². The van der Waals surface area contributed by atoms with Gasteiger partial charge in [-0.2, -0.15) is 0 Å². The van der Waals surface area contributed by atoms with Crippen LogP contribution in [0.2, 0.25) is 0 Å². The Morgan fingerprint density at radius 3 is 2.72 bits per heavy atom. The quantitative estimate of drug-likeness (QED) is 0.776. The molecule has 0 fully saturated rings. The summed E-state index contributed by atoms with van der Waals surface area (Å²) in [6.45, 7) is 7.42. The van der Waals surface area contributed by atoms with Crippen LogP contribution in [0.25, 0.3) is 10.9 Å². The second kappa shape index (κ2) is 4.84. The summed E-state index contributed by atoms with van der Waals surface area (Å²) in [4.78, 5) is 11.6. The van der Waals surface area contributed by atoms with Crippen molar-refractivity contribution in [1.82, 2.24) is 4.57 Å². The molecule has 0 amide bonds. The van der Waals surface area contributed by atoms with E-state index >= 15 is 0 Å². The third-order valence-electron chi connectivity index (χ3n) is 3.06. The third-order valence-corrected chi connectivity index (χ3v) is 3.06. The fourth-order valence-corrected chi connectivity index (χ4v) is 2.26. The highest BCUT2D eigenvalue weighted by Gasteiger charge is 2.11. The predicted octanol–water partition coefficient (Wildman–Crippen LogP) is 3.39. The molecule has 1 heterocycles. The van der Waals surface area contributed by atoms with Crippen LogP contribution in [-0.4, -0.2) is 17.6 Å². The minimum absolute atomic E-state index is 0.285. The standard InChI is InChI=1S/C15H19NO2/c1-10(2)8-16-9-11(3)13-6-5-12(7-14(13)16)15(17)18-4/h5-7,9-10H,8H2,1-4H3. The number of esters is 1. The molecule has 2 rings (SSSR count). The van der Waals surface area contributed by atoms with Crippen LogP contribution in [0.1, 0.15) is 29.8 Å². The van der Waals surface area contributed by atoms with Crippen molar-refractivity contribution in [2.75, 3.05) is 7.11 Å². The summed E-state index contributed by atoms with van der Waals surface area (Å²) in [5.41, 5.74) is 2.94. The van der Waals surface area contributed by atoms with Gasteiger partial charge in [-0.3, -0.25) is 0 Å². The van der Waals surface area contributed by atoms with Gasteiger partial charge >= 0.3 is 5.97 Å². The van der Waals surface area contributed by atoms with Gasteiger partial charge in [0.25, 0.3) is 0 Å². The monoisotopic (exact) mass is 245 g/mol. The Bertz CT molecular complexity index is 581. The van der Waals surface area contributed by atoms with Gasteiger partial charge in [0.15, 0.2) is 0 Å². The molecule has 0 unspecified atom stereocenters. The molecule has 3 heteroatoms. The number of hydrogen-bond acceptors (Lipinski definition) is 2. The van der Waals surface area contributed by atoms with Crippen molar-refractivity contribution >= 4 is 16.9 Å². The van der Waals surface area contributed by atoms with Gasteiger partial charge in [-0.15, -0.1) is 0 Å². The van der Waals surface area contributed by atoms with Crippen molar-refractivity contribution in [3.63, 3.8) is 0 Å². The highest BCUT2D eigenvalue weighted by molar-refractivity contribution is 5.95. The number of carbonyl (C=O) groups excluding carboxylic acids is 1. The lowest BCUT2D eigenvalue weighted by Gasteiger charge is -2.08. The van der Waals surface area contributed by atoms with Crippen molar-refractivity contribution in [2.45, 2.75) is 27.3 Å². The summed E-state index contributed by atoms with van der Waals surface area (Å²) < 4.78 is 6.97. The summed E-state index contributed by atoms with van der Waals surface area (Å²) in [6, 6.07) is 5.73. The Balaban J connectivity index is 2.55. The first-order chi connectivity index (χ1) is 8.52. The number of aromatic nitrogens is 1. The number of carbonyl (C=O) groups is 1. The van der Waals surface area contributed by atoms with Crippen molar-refractivity contribution < 1.29 is 9.53 Å². The van der Waals surface area contributed by atoms with Crippen molar-refractivity contribution in [3.8, 4) is 0 Å². The summed E-state index contributed by atoms with van der Waals surface area (Å²) in [5.74, 6) is 0.286. The van der Waals surface area contributed by atoms with Crippen LogP contribution in [0.15, 0.2) is 24.4 Å². The number of benzene rings is 1. The van der Waals surface area contributed by atoms with E-state index in [9.17, 15) is 4.79 Å². The molecule has 3 nitrogen and oxygen atoms in total. The molecule has 2 aromatic rings. The first-order valence-electron chi connectivity index (χ1n) is 6.20. The highest BCUT2D eigenvalue weighted by Crippen LogP contribution is 2.23. The van der Waals surface area contributed by atoms with Crippen LogP contribution < -0.4 is 0 Å². The van der Waals surface area contributed by atoms with Crippen LogP contribution in [-0.2, 0) is 11.3 Å². The number of ether oxygens (including phenoxy) is 1. The molecule has 0 aliphatic carbocycles. The maximum atomic E-state index is 11.6. The van der Waals surface area contributed by atoms with Gasteiger partial charge in [-0.25, -0.2) is 4.79 Å². The molecule has 0 atom stereocenters. The topological polar surface area (TPSA) is 31.2 Å². The minimum Gasteiger partial charge on any atom is -0.465 e. The molecule has 0 radical (unpaired) electrons. The van der Waals surface area contributed by atoms with Gasteiger partial charge < -0.3 is 9.30 Å². The second-order valence-corrected chi connectivity index (χ2v) is 5.08. The van der Waals surface area contributed by atoms with E-state index in [0.29, 0.717) is 11.5 Å².